The molecule has 0 saturated heterocycles. The third kappa shape index (κ3) is 4.58. The quantitative estimate of drug-likeness (QED) is 0.317. The van der Waals surface area contributed by atoms with Crippen molar-refractivity contribution < 1.29 is 16.8 Å². The highest BCUT2D eigenvalue weighted by atomic mass is 79.9. The van der Waals surface area contributed by atoms with Crippen LogP contribution in [0, 0.1) is 17.2 Å². The van der Waals surface area contributed by atoms with E-state index in [-0.39, 0.29) is 20.4 Å². The predicted octanol–water partition coefficient (Wildman–Crippen LogP) is 6.24. The van der Waals surface area contributed by atoms with Crippen LogP contribution in [-0.2, 0) is 32.9 Å². The number of benzene rings is 2. The number of fused-ring (bicyclic) bond motifs is 1. The first-order valence-electron chi connectivity index (χ1n) is 10.5. The highest BCUT2D eigenvalue weighted by Gasteiger charge is 2.41. The van der Waals surface area contributed by atoms with Gasteiger partial charge in [-0.3, -0.25) is 0 Å². The summed E-state index contributed by atoms with van der Waals surface area (Å²) in [6.45, 7) is 2.09. The molecule has 11 heteroatoms. The molecular weight excluding hydrogens is 624 g/mol. The standard InChI is InChI=1S/C23H20Br2N2O4S3/c1-2-15-3-12-20-21(14-26)23(32-22(20)13-15)27(33(28,29)18-8-4-16(24)5-9-18)34(30,31)19-10-6-17(25)7-11-19/h4-11,15H,2-3,12-13H2,1H3/t15-/m0/s1. The molecule has 0 spiro atoms. The van der Waals surface area contributed by atoms with Gasteiger partial charge < -0.3 is 0 Å². The lowest BCUT2D eigenvalue weighted by Crippen LogP contribution is -2.37. The number of anilines is 1. The molecule has 0 N–H and O–H groups in total. The molecule has 178 valence electrons. The maximum absolute atomic E-state index is 13.9. The topological polar surface area (TPSA) is 95.3 Å². The molecule has 1 aliphatic rings. The first-order chi connectivity index (χ1) is 16.1. The summed E-state index contributed by atoms with van der Waals surface area (Å²) in [4.78, 5) is 0.517. The Morgan fingerprint density at radius 2 is 1.47 bits per heavy atom. The van der Waals surface area contributed by atoms with Crippen molar-refractivity contribution in [3.8, 4) is 6.07 Å². The summed E-state index contributed by atoms with van der Waals surface area (Å²) < 4.78 is 57.2. The minimum absolute atomic E-state index is 0.0740. The summed E-state index contributed by atoms with van der Waals surface area (Å²) in [5, 5.41) is 9.93. The van der Waals surface area contributed by atoms with Gasteiger partial charge in [0, 0.05) is 13.8 Å². The van der Waals surface area contributed by atoms with Crippen LogP contribution in [0.3, 0.4) is 0 Å². The Morgan fingerprint density at radius 1 is 0.971 bits per heavy atom. The Kier molecular flexibility index (Phi) is 7.27. The fraction of sp³-hybridized carbons (Fsp3) is 0.261. The smallest absolute Gasteiger partial charge is 0.200 e. The number of thiophene rings is 1. The highest BCUT2D eigenvalue weighted by Crippen LogP contribution is 2.45. The SMILES string of the molecule is CC[C@H]1CCc2c(sc(N(S(=O)(=O)c3ccc(Br)cc3)S(=O)(=O)c3ccc(Br)cc3)c2C#N)C1. The predicted molar refractivity (Wildman–Crippen MR) is 140 cm³/mol. The molecule has 0 amide bonds. The molecule has 2 aromatic carbocycles. The van der Waals surface area contributed by atoms with E-state index in [1.807, 2.05) is 0 Å². The number of nitriles is 1. The van der Waals surface area contributed by atoms with Crippen LogP contribution >= 0.6 is 43.2 Å². The van der Waals surface area contributed by atoms with Gasteiger partial charge in [0.25, 0.3) is 20.0 Å². The maximum atomic E-state index is 13.9. The van der Waals surface area contributed by atoms with Gasteiger partial charge in [0.15, 0.2) is 0 Å². The van der Waals surface area contributed by atoms with E-state index in [0.717, 1.165) is 34.6 Å². The summed E-state index contributed by atoms with van der Waals surface area (Å²) in [5.41, 5.74) is 0.880. The lowest BCUT2D eigenvalue weighted by molar-refractivity contribution is 0.450. The normalized spacial score (nSPS) is 16.0. The summed E-state index contributed by atoms with van der Waals surface area (Å²) in [6.07, 6.45) is 3.17. The van der Waals surface area contributed by atoms with Crippen molar-refractivity contribution in [1.29, 1.82) is 5.26 Å². The van der Waals surface area contributed by atoms with Gasteiger partial charge in [0.05, 0.1) is 15.4 Å². The molecule has 1 atom stereocenters. The van der Waals surface area contributed by atoms with E-state index in [9.17, 15) is 22.1 Å². The van der Waals surface area contributed by atoms with E-state index in [1.54, 1.807) is 0 Å². The molecule has 0 saturated carbocycles. The van der Waals surface area contributed by atoms with Crippen molar-refractivity contribution in [3.63, 3.8) is 0 Å². The van der Waals surface area contributed by atoms with Crippen molar-refractivity contribution in [2.75, 3.05) is 3.71 Å². The lowest BCUT2D eigenvalue weighted by Gasteiger charge is -2.23. The molecular formula is C23H20Br2N2O4S3. The van der Waals surface area contributed by atoms with Crippen LogP contribution in [0.5, 0.6) is 0 Å². The Bertz CT molecular complexity index is 1400. The number of sulfonamides is 2. The molecule has 0 bridgehead atoms. The van der Waals surface area contributed by atoms with Crippen molar-refractivity contribution in [2.24, 2.45) is 5.92 Å². The molecule has 0 radical (unpaired) electrons. The van der Waals surface area contributed by atoms with Crippen LogP contribution in [-0.4, -0.2) is 16.8 Å². The minimum Gasteiger partial charge on any atom is -0.200 e. The van der Waals surface area contributed by atoms with Crippen molar-refractivity contribution in [3.05, 3.63) is 73.5 Å². The maximum Gasteiger partial charge on any atom is 0.278 e. The van der Waals surface area contributed by atoms with E-state index >= 15 is 0 Å². The highest BCUT2D eigenvalue weighted by molar-refractivity contribution is 9.10. The molecule has 3 aromatic rings. The van der Waals surface area contributed by atoms with Crippen LogP contribution < -0.4 is 3.71 Å². The summed E-state index contributed by atoms with van der Waals surface area (Å²) in [5.74, 6) is 0.421. The molecule has 1 aliphatic carbocycles. The van der Waals surface area contributed by atoms with Crippen LogP contribution in [0.15, 0.2) is 67.3 Å². The second-order valence-corrected chi connectivity index (χ2v) is 14.6. The molecule has 0 unspecified atom stereocenters. The molecule has 1 heterocycles. The van der Waals surface area contributed by atoms with Gasteiger partial charge >= 0.3 is 0 Å². The zero-order chi connectivity index (χ0) is 24.7. The second kappa shape index (κ2) is 9.74. The van der Waals surface area contributed by atoms with E-state index in [1.165, 1.54) is 48.5 Å². The van der Waals surface area contributed by atoms with E-state index in [0.29, 0.717) is 31.4 Å². The van der Waals surface area contributed by atoms with Gasteiger partial charge in [-0.2, -0.15) is 22.1 Å². The van der Waals surface area contributed by atoms with Gasteiger partial charge in [-0.15, -0.1) is 15.0 Å². The van der Waals surface area contributed by atoms with Crippen LogP contribution in [0.1, 0.15) is 35.8 Å². The summed E-state index contributed by atoms with van der Waals surface area (Å²) in [7, 11) is -9.13. The van der Waals surface area contributed by atoms with Crippen LogP contribution in [0.4, 0.5) is 5.00 Å². The summed E-state index contributed by atoms with van der Waals surface area (Å²) in [6, 6.07) is 13.6. The molecule has 1 aromatic heterocycles. The minimum atomic E-state index is -4.57. The Morgan fingerprint density at radius 3 is 1.91 bits per heavy atom. The lowest BCUT2D eigenvalue weighted by atomic mass is 9.86. The van der Waals surface area contributed by atoms with Gasteiger partial charge in [0.2, 0.25) is 0 Å². The molecule has 34 heavy (non-hydrogen) atoms. The van der Waals surface area contributed by atoms with E-state index < -0.39 is 20.0 Å². The van der Waals surface area contributed by atoms with Gasteiger partial charge in [-0.05, 0) is 79.3 Å². The third-order valence-electron chi connectivity index (χ3n) is 5.86. The zero-order valence-electron chi connectivity index (χ0n) is 18.0. The van der Waals surface area contributed by atoms with Gasteiger partial charge in [0.1, 0.15) is 11.1 Å². The monoisotopic (exact) mass is 642 g/mol. The van der Waals surface area contributed by atoms with E-state index in [4.69, 9.17) is 0 Å². The van der Waals surface area contributed by atoms with Crippen molar-refractivity contribution in [1.82, 2.24) is 0 Å². The number of rotatable bonds is 6. The van der Waals surface area contributed by atoms with Crippen molar-refractivity contribution in [2.45, 2.75) is 42.4 Å². The first kappa shape index (κ1) is 25.4. The van der Waals surface area contributed by atoms with Crippen LogP contribution in [0.2, 0.25) is 0 Å². The average molecular weight is 644 g/mol. The molecule has 4 rings (SSSR count). The second-order valence-electron chi connectivity index (χ2n) is 7.93. The first-order valence-corrected chi connectivity index (χ1v) is 15.7. The largest absolute Gasteiger partial charge is 0.278 e. The van der Waals surface area contributed by atoms with Gasteiger partial charge in [-0.1, -0.05) is 45.2 Å². The van der Waals surface area contributed by atoms with Crippen molar-refractivity contribution >= 4 is 68.2 Å². The number of hydrogen-bond donors (Lipinski definition) is 0. The van der Waals surface area contributed by atoms with Gasteiger partial charge in [-0.25, -0.2) is 0 Å². The van der Waals surface area contributed by atoms with Crippen LogP contribution in [0.25, 0.3) is 0 Å². The average Bonchev–Trinajstić information content (AvgIpc) is 3.15. The third-order valence-corrected chi connectivity index (χ3v) is 12.5. The Labute approximate surface area is 220 Å². The molecule has 0 aliphatic heterocycles. The zero-order valence-corrected chi connectivity index (χ0v) is 23.7. The molecule has 6 nitrogen and oxygen atoms in total. The van der Waals surface area contributed by atoms with E-state index in [2.05, 4.69) is 44.9 Å². The molecule has 0 fully saturated rings. The fourth-order valence-electron chi connectivity index (χ4n) is 3.98. The fourth-order valence-corrected chi connectivity index (χ4v) is 10.1. The number of hydrogen-bond acceptors (Lipinski definition) is 6. The number of nitrogens with zero attached hydrogens (tertiary/aromatic N) is 2. The Hall–Kier alpha value is -1.71. The number of halogens is 2. The summed E-state index contributed by atoms with van der Waals surface area (Å²) >= 11 is 7.65. The Balaban J connectivity index is 1.98.